The monoisotopic (exact) mass is 414 g/mol. The second kappa shape index (κ2) is 9.47. The molecule has 0 amide bonds. The molecule has 0 saturated heterocycles. The van der Waals surface area contributed by atoms with E-state index in [1.165, 1.54) is 23.6 Å². The molecule has 0 atom stereocenters. The quantitative estimate of drug-likeness (QED) is 0.384. The van der Waals surface area contributed by atoms with Crippen molar-refractivity contribution in [3.8, 4) is 11.6 Å². The number of methoxy groups -OCH3 is 2. The molecule has 4 aromatic rings. The molecule has 2 aromatic heterocycles. The lowest BCUT2D eigenvalue weighted by atomic mass is 10.0. The Kier molecular flexibility index (Phi) is 6.32. The van der Waals surface area contributed by atoms with Crippen LogP contribution in [0.25, 0.3) is 16.6 Å². The average Bonchev–Trinajstić information content (AvgIpc) is 3.19. The van der Waals surface area contributed by atoms with Crippen molar-refractivity contribution in [1.29, 1.82) is 0 Å². The highest BCUT2D eigenvalue weighted by molar-refractivity contribution is 5.86. The molecule has 2 heterocycles. The highest BCUT2D eigenvalue weighted by Gasteiger charge is 2.12. The molecule has 0 spiro atoms. The minimum Gasteiger partial charge on any atom is -0.481 e. The third-order valence-corrected chi connectivity index (χ3v) is 5.53. The lowest BCUT2D eigenvalue weighted by molar-refractivity contribution is -0.140. The number of benzene rings is 2. The average molecular weight is 415 g/mol. The molecule has 0 aliphatic rings. The molecule has 0 radical (unpaired) electrons. The van der Waals surface area contributed by atoms with Crippen LogP contribution in [0.4, 0.5) is 0 Å². The van der Waals surface area contributed by atoms with Gasteiger partial charge in [0.2, 0.25) is 5.88 Å². The maximum absolute atomic E-state index is 11.6. The summed E-state index contributed by atoms with van der Waals surface area (Å²) in [5, 5.41) is 1.20. The van der Waals surface area contributed by atoms with Gasteiger partial charge in [0.1, 0.15) is 0 Å². The van der Waals surface area contributed by atoms with Gasteiger partial charge in [0.05, 0.1) is 31.6 Å². The first-order valence-electron chi connectivity index (χ1n) is 10.4. The van der Waals surface area contributed by atoms with Crippen LogP contribution in [0, 0.1) is 0 Å². The van der Waals surface area contributed by atoms with Gasteiger partial charge < -0.3 is 14.0 Å². The standard InChI is InChI=1S/C26H26N2O3/c1-30-25-14-12-22(17-27-25)28-18-21(11-8-19-6-4-3-5-7-19)23-16-20(9-13-24(23)28)10-15-26(29)31-2/h3-7,9,12-14,16-18H,8,10-11,15H2,1-2H3. The van der Waals surface area contributed by atoms with Crippen LogP contribution in [0.2, 0.25) is 0 Å². The number of hydrogen-bond donors (Lipinski definition) is 0. The van der Waals surface area contributed by atoms with Gasteiger partial charge >= 0.3 is 5.97 Å². The summed E-state index contributed by atoms with van der Waals surface area (Å²) in [7, 11) is 3.04. The van der Waals surface area contributed by atoms with Gasteiger partial charge in [-0.1, -0.05) is 36.4 Å². The smallest absolute Gasteiger partial charge is 0.305 e. The van der Waals surface area contributed by atoms with Crippen molar-refractivity contribution in [2.24, 2.45) is 0 Å². The number of esters is 1. The van der Waals surface area contributed by atoms with E-state index in [-0.39, 0.29) is 5.97 Å². The number of ether oxygens (including phenoxy) is 2. The third-order valence-electron chi connectivity index (χ3n) is 5.53. The van der Waals surface area contributed by atoms with Crippen molar-refractivity contribution in [2.45, 2.75) is 25.7 Å². The number of aromatic nitrogens is 2. The van der Waals surface area contributed by atoms with E-state index in [2.05, 4.69) is 58.2 Å². The van der Waals surface area contributed by atoms with Crippen molar-refractivity contribution in [2.75, 3.05) is 14.2 Å². The number of nitrogens with zero attached hydrogens (tertiary/aromatic N) is 2. The van der Waals surface area contributed by atoms with Gasteiger partial charge in [-0.15, -0.1) is 0 Å². The number of rotatable bonds is 8. The second-order valence-corrected chi connectivity index (χ2v) is 7.50. The predicted octanol–water partition coefficient (Wildman–Crippen LogP) is 4.92. The topological polar surface area (TPSA) is 53.4 Å². The number of carbonyl (C=O) groups excluding carboxylic acids is 1. The molecule has 5 nitrogen and oxygen atoms in total. The van der Waals surface area contributed by atoms with Gasteiger partial charge in [-0.2, -0.15) is 0 Å². The number of pyridine rings is 1. The van der Waals surface area contributed by atoms with Crippen molar-refractivity contribution < 1.29 is 14.3 Å². The Hall–Kier alpha value is -3.60. The van der Waals surface area contributed by atoms with E-state index in [9.17, 15) is 4.79 Å². The highest BCUT2D eigenvalue weighted by atomic mass is 16.5. The number of hydrogen-bond acceptors (Lipinski definition) is 4. The van der Waals surface area contributed by atoms with Gasteiger partial charge in [0.15, 0.2) is 0 Å². The molecule has 158 valence electrons. The number of aryl methyl sites for hydroxylation is 3. The van der Waals surface area contributed by atoms with Gasteiger partial charge in [0.25, 0.3) is 0 Å². The van der Waals surface area contributed by atoms with Crippen LogP contribution < -0.4 is 4.74 Å². The van der Waals surface area contributed by atoms with E-state index in [0.717, 1.165) is 29.6 Å². The van der Waals surface area contributed by atoms with Crippen molar-refractivity contribution in [1.82, 2.24) is 9.55 Å². The molecule has 2 aromatic carbocycles. The summed E-state index contributed by atoms with van der Waals surface area (Å²) in [4.78, 5) is 15.9. The Balaban J connectivity index is 1.70. The van der Waals surface area contributed by atoms with E-state index in [4.69, 9.17) is 9.47 Å². The fourth-order valence-corrected chi connectivity index (χ4v) is 3.82. The lowest BCUT2D eigenvalue weighted by Gasteiger charge is -2.07. The zero-order chi connectivity index (χ0) is 21.6. The molecule has 31 heavy (non-hydrogen) atoms. The van der Waals surface area contributed by atoms with Crippen molar-refractivity contribution >= 4 is 16.9 Å². The first kappa shape index (κ1) is 20.7. The van der Waals surface area contributed by atoms with Crippen LogP contribution in [0.15, 0.2) is 73.1 Å². The Morgan fingerprint density at radius 2 is 1.77 bits per heavy atom. The Labute approximate surface area is 182 Å². The van der Waals surface area contributed by atoms with Gasteiger partial charge in [0, 0.05) is 24.1 Å². The minimum absolute atomic E-state index is 0.189. The summed E-state index contributed by atoms with van der Waals surface area (Å²) in [5.74, 6) is 0.404. The third kappa shape index (κ3) is 4.77. The van der Waals surface area contributed by atoms with Crippen LogP contribution >= 0.6 is 0 Å². The molecule has 0 unspecified atom stereocenters. The van der Waals surface area contributed by atoms with Crippen LogP contribution in [0.5, 0.6) is 5.88 Å². The molecule has 0 saturated carbocycles. The summed E-state index contributed by atoms with van der Waals surface area (Å²) >= 11 is 0. The zero-order valence-corrected chi connectivity index (χ0v) is 17.9. The maximum atomic E-state index is 11.6. The van der Waals surface area contributed by atoms with Gasteiger partial charge in [-0.25, -0.2) is 4.98 Å². The van der Waals surface area contributed by atoms with E-state index in [1.54, 1.807) is 7.11 Å². The molecular weight excluding hydrogens is 388 g/mol. The molecule has 4 rings (SSSR count). The van der Waals surface area contributed by atoms with E-state index >= 15 is 0 Å². The molecule has 0 N–H and O–H groups in total. The number of carbonyl (C=O) groups is 1. The highest BCUT2D eigenvalue weighted by Crippen LogP contribution is 2.28. The molecule has 0 aliphatic carbocycles. The largest absolute Gasteiger partial charge is 0.481 e. The fraction of sp³-hybridized carbons (Fsp3) is 0.231. The van der Waals surface area contributed by atoms with E-state index < -0.39 is 0 Å². The lowest BCUT2D eigenvalue weighted by Crippen LogP contribution is -2.01. The summed E-state index contributed by atoms with van der Waals surface area (Å²) in [6, 6.07) is 20.8. The summed E-state index contributed by atoms with van der Waals surface area (Å²) in [6.07, 6.45) is 6.96. The van der Waals surface area contributed by atoms with E-state index in [0.29, 0.717) is 18.7 Å². The normalized spacial score (nSPS) is 10.9. The zero-order valence-electron chi connectivity index (χ0n) is 17.9. The second-order valence-electron chi connectivity index (χ2n) is 7.50. The van der Waals surface area contributed by atoms with Crippen LogP contribution in [-0.2, 0) is 28.8 Å². The first-order valence-corrected chi connectivity index (χ1v) is 10.4. The van der Waals surface area contributed by atoms with Gasteiger partial charge in [-0.3, -0.25) is 4.79 Å². The Bertz CT molecular complexity index is 1160. The van der Waals surface area contributed by atoms with Crippen molar-refractivity contribution in [3.05, 3.63) is 89.7 Å². The number of fused-ring (bicyclic) bond motifs is 1. The van der Waals surface area contributed by atoms with E-state index in [1.807, 2.05) is 24.4 Å². The molecule has 0 fully saturated rings. The summed E-state index contributed by atoms with van der Waals surface area (Å²) in [6.45, 7) is 0. The van der Waals surface area contributed by atoms with Crippen LogP contribution in [0.3, 0.4) is 0 Å². The minimum atomic E-state index is -0.189. The summed E-state index contributed by atoms with van der Waals surface area (Å²) < 4.78 is 12.2. The van der Waals surface area contributed by atoms with Crippen molar-refractivity contribution in [3.63, 3.8) is 0 Å². The summed E-state index contributed by atoms with van der Waals surface area (Å²) in [5.41, 5.74) is 5.83. The Morgan fingerprint density at radius 3 is 2.48 bits per heavy atom. The maximum Gasteiger partial charge on any atom is 0.305 e. The van der Waals surface area contributed by atoms with Crippen LogP contribution in [-0.4, -0.2) is 29.7 Å². The van der Waals surface area contributed by atoms with Crippen LogP contribution in [0.1, 0.15) is 23.1 Å². The fourth-order valence-electron chi connectivity index (χ4n) is 3.82. The molecule has 0 aliphatic heterocycles. The first-order chi connectivity index (χ1) is 15.2. The molecular formula is C26H26N2O3. The molecule has 5 heteroatoms. The Morgan fingerprint density at radius 1 is 0.935 bits per heavy atom. The SMILES string of the molecule is COC(=O)CCc1ccc2c(c1)c(CCc1ccccc1)cn2-c1ccc(OC)nc1. The predicted molar refractivity (Wildman–Crippen MR) is 122 cm³/mol. The van der Waals surface area contributed by atoms with Gasteiger partial charge in [-0.05, 0) is 54.2 Å². The molecule has 0 bridgehead atoms.